The quantitative estimate of drug-likeness (QED) is 0.464. The van der Waals surface area contributed by atoms with Crippen molar-refractivity contribution >= 4 is 23.8 Å². The second-order valence-electron chi connectivity index (χ2n) is 5.68. The molecule has 0 bridgehead atoms. The summed E-state index contributed by atoms with van der Waals surface area (Å²) in [6.45, 7) is 2.35. The molecule has 2 aromatic carbocycles. The van der Waals surface area contributed by atoms with Gasteiger partial charge in [-0.25, -0.2) is 10.4 Å². The zero-order valence-corrected chi connectivity index (χ0v) is 16.2. The molecule has 0 amide bonds. The van der Waals surface area contributed by atoms with Crippen LogP contribution in [-0.4, -0.2) is 29.9 Å². The number of rotatable bonds is 7. The Balaban J connectivity index is 1.82. The molecule has 1 aromatic heterocycles. The summed E-state index contributed by atoms with van der Waals surface area (Å²) in [5.74, 6) is 1.22. The third-order valence-corrected chi connectivity index (χ3v) is 4.01. The van der Waals surface area contributed by atoms with Crippen LogP contribution in [0.4, 0.5) is 5.95 Å². The van der Waals surface area contributed by atoms with E-state index in [0.717, 1.165) is 5.56 Å². The molecule has 0 saturated heterocycles. The van der Waals surface area contributed by atoms with Crippen LogP contribution in [0.5, 0.6) is 11.5 Å². The van der Waals surface area contributed by atoms with Crippen LogP contribution in [0, 0.1) is 0 Å². The van der Waals surface area contributed by atoms with E-state index in [1.165, 1.54) is 13.2 Å². The Morgan fingerprint density at radius 3 is 2.75 bits per heavy atom. The average Bonchev–Trinajstić information content (AvgIpc) is 2.68. The molecule has 0 saturated carbocycles. The van der Waals surface area contributed by atoms with E-state index < -0.39 is 0 Å². The van der Waals surface area contributed by atoms with E-state index in [4.69, 9.17) is 21.1 Å². The summed E-state index contributed by atoms with van der Waals surface area (Å²) in [5, 5.41) is 4.53. The van der Waals surface area contributed by atoms with Gasteiger partial charge in [-0.1, -0.05) is 41.9 Å². The predicted molar refractivity (Wildman–Crippen MR) is 111 cm³/mol. The van der Waals surface area contributed by atoms with Crippen LogP contribution >= 0.6 is 11.6 Å². The lowest BCUT2D eigenvalue weighted by molar-refractivity contribution is 0.311. The molecule has 0 aliphatic heterocycles. The van der Waals surface area contributed by atoms with E-state index >= 15 is 0 Å². The first-order chi connectivity index (χ1) is 13.6. The van der Waals surface area contributed by atoms with Gasteiger partial charge in [0, 0.05) is 11.6 Å². The maximum absolute atomic E-state index is 11.9. The topological polar surface area (TPSA) is 88.6 Å². The Bertz CT molecular complexity index is 1040. The van der Waals surface area contributed by atoms with Crippen molar-refractivity contribution in [3.63, 3.8) is 0 Å². The molecule has 0 fully saturated rings. The van der Waals surface area contributed by atoms with Gasteiger partial charge in [-0.05, 0) is 24.6 Å². The molecule has 8 heteroatoms. The van der Waals surface area contributed by atoms with Gasteiger partial charge in [0.2, 0.25) is 5.95 Å². The van der Waals surface area contributed by atoms with Crippen LogP contribution in [0.3, 0.4) is 0 Å². The van der Waals surface area contributed by atoms with Crippen LogP contribution in [0.25, 0.3) is 11.3 Å². The van der Waals surface area contributed by atoms with E-state index in [2.05, 4.69) is 20.5 Å². The molecular formula is C20H19ClN4O3. The van der Waals surface area contributed by atoms with E-state index in [0.29, 0.717) is 34.4 Å². The second-order valence-corrected chi connectivity index (χ2v) is 6.09. The number of H-pyrrole nitrogens is 1. The zero-order valence-electron chi connectivity index (χ0n) is 15.4. The number of nitrogens with one attached hydrogen (secondary N) is 2. The van der Waals surface area contributed by atoms with Gasteiger partial charge in [-0.15, -0.1) is 0 Å². The minimum absolute atomic E-state index is 0.229. The smallest absolute Gasteiger partial charge is 0.252 e. The highest BCUT2D eigenvalue weighted by molar-refractivity contribution is 6.32. The Labute approximate surface area is 167 Å². The number of methoxy groups -OCH3 is 1. The van der Waals surface area contributed by atoms with Crippen LogP contribution in [0.2, 0.25) is 5.02 Å². The largest absolute Gasteiger partial charge is 0.491 e. The number of hydrogen-bond acceptors (Lipinski definition) is 6. The average molecular weight is 399 g/mol. The van der Waals surface area contributed by atoms with Gasteiger partial charge in [0.1, 0.15) is 0 Å². The monoisotopic (exact) mass is 398 g/mol. The first kappa shape index (κ1) is 19.4. The third kappa shape index (κ3) is 4.69. The minimum atomic E-state index is -0.280. The van der Waals surface area contributed by atoms with Gasteiger partial charge in [0.05, 0.1) is 30.6 Å². The minimum Gasteiger partial charge on any atom is -0.491 e. The van der Waals surface area contributed by atoms with Crippen molar-refractivity contribution in [2.24, 2.45) is 5.10 Å². The number of halogens is 1. The molecule has 0 radical (unpaired) electrons. The van der Waals surface area contributed by atoms with Gasteiger partial charge in [0.15, 0.2) is 11.5 Å². The number of nitrogens with zero attached hydrogens (tertiary/aromatic N) is 2. The first-order valence-corrected chi connectivity index (χ1v) is 8.94. The summed E-state index contributed by atoms with van der Waals surface area (Å²) >= 11 is 6.23. The number of hydrogen-bond donors (Lipinski definition) is 2. The SMILES string of the molecule is CCOc1cc(/C=N\Nc2nc(-c3ccccc3)cc(=O)[nH]2)cc(Cl)c1OC. The molecular weight excluding hydrogens is 380 g/mol. The summed E-state index contributed by atoms with van der Waals surface area (Å²) in [6.07, 6.45) is 1.54. The Morgan fingerprint density at radius 1 is 1.25 bits per heavy atom. The van der Waals surface area contributed by atoms with Crippen molar-refractivity contribution in [1.82, 2.24) is 9.97 Å². The Kier molecular flexibility index (Phi) is 6.29. The van der Waals surface area contributed by atoms with Crippen molar-refractivity contribution in [2.45, 2.75) is 6.92 Å². The van der Waals surface area contributed by atoms with Crippen LogP contribution in [0.1, 0.15) is 12.5 Å². The van der Waals surface area contributed by atoms with Gasteiger partial charge >= 0.3 is 0 Å². The summed E-state index contributed by atoms with van der Waals surface area (Å²) in [4.78, 5) is 18.9. The van der Waals surface area contributed by atoms with Crippen molar-refractivity contribution in [3.8, 4) is 22.8 Å². The fourth-order valence-corrected chi connectivity index (χ4v) is 2.86. The van der Waals surface area contributed by atoms with Gasteiger partial charge in [-0.3, -0.25) is 9.78 Å². The summed E-state index contributed by atoms with van der Waals surface area (Å²) in [5.41, 5.74) is 4.54. The first-order valence-electron chi connectivity index (χ1n) is 8.57. The lowest BCUT2D eigenvalue weighted by Gasteiger charge is -2.11. The molecule has 0 atom stereocenters. The Hall–Kier alpha value is -3.32. The van der Waals surface area contributed by atoms with E-state index in [9.17, 15) is 4.79 Å². The molecule has 0 unspecified atom stereocenters. The fourth-order valence-electron chi connectivity index (χ4n) is 2.56. The molecule has 0 spiro atoms. The highest BCUT2D eigenvalue weighted by atomic mass is 35.5. The zero-order chi connectivity index (χ0) is 19.9. The molecule has 3 rings (SSSR count). The normalized spacial score (nSPS) is 10.8. The number of aromatic amines is 1. The molecule has 1 heterocycles. The van der Waals surface area contributed by atoms with Crippen molar-refractivity contribution < 1.29 is 9.47 Å². The van der Waals surface area contributed by atoms with Crippen molar-refractivity contribution in [3.05, 3.63) is 69.5 Å². The number of benzene rings is 2. The summed E-state index contributed by atoms with van der Waals surface area (Å²) in [7, 11) is 1.53. The lowest BCUT2D eigenvalue weighted by Crippen LogP contribution is -2.10. The van der Waals surface area contributed by atoms with Crippen LogP contribution < -0.4 is 20.5 Å². The number of ether oxygens (including phenoxy) is 2. The highest BCUT2D eigenvalue weighted by Crippen LogP contribution is 2.35. The lowest BCUT2D eigenvalue weighted by atomic mass is 10.1. The highest BCUT2D eigenvalue weighted by Gasteiger charge is 2.10. The van der Waals surface area contributed by atoms with Crippen molar-refractivity contribution in [2.75, 3.05) is 19.1 Å². The van der Waals surface area contributed by atoms with E-state index in [1.54, 1.807) is 18.3 Å². The number of hydrazone groups is 1. The predicted octanol–water partition coefficient (Wildman–Crippen LogP) is 3.94. The molecule has 3 aromatic rings. The summed E-state index contributed by atoms with van der Waals surface area (Å²) in [6, 6.07) is 14.3. The second kappa shape index (κ2) is 9.05. The standard InChI is InChI=1S/C20H19ClN4O3/c1-3-28-17-10-13(9-15(21)19(17)27-2)12-22-25-20-23-16(11-18(26)24-20)14-7-5-4-6-8-14/h4-12H,3H2,1-2H3,(H2,23,24,25,26)/b22-12-. The third-order valence-electron chi connectivity index (χ3n) is 3.73. The Morgan fingerprint density at radius 2 is 2.04 bits per heavy atom. The van der Waals surface area contributed by atoms with Gasteiger partial charge in [0.25, 0.3) is 5.56 Å². The maximum atomic E-state index is 11.9. The van der Waals surface area contributed by atoms with Crippen molar-refractivity contribution in [1.29, 1.82) is 0 Å². The van der Waals surface area contributed by atoms with Gasteiger partial charge < -0.3 is 9.47 Å². The molecule has 28 heavy (non-hydrogen) atoms. The maximum Gasteiger partial charge on any atom is 0.252 e. The summed E-state index contributed by atoms with van der Waals surface area (Å²) < 4.78 is 10.8. The molecule has 7 nitrogen and oxygen atoms in total. The van der Waals surface area contributed by atoms with E-state index in [1.807, 2.05) is 37.3 Å². The van der Waals surface area contributed by atoms with Crippen LogP contribution in [0.15, 0.2) is 58.4 Å². The molecule has 0 aliphatic rings. The molecule has 0 aliphatic carbocycles. The fraction of sp³-hybridized carbons (Fsp3) is 0.150. The number of aromatic nitrogens is 2. The molecule has 2 N–H and O–H groups in total. The van der Waals surface area contributed by atoms with Gasteiger partial charge in [-0.2, -0.15) is 5.10 Å². The van der Waals surface area contributed by atoms with E-state index in [-0.39, 0.29) is 11.5 Å². The molecule has 144 valence electrons. The van der Waals surface area contributed by atoms with Crippen LogP contribution in [-0.2, 0) is 0 Å². The number of anilines is 1.